The minimum absolute atomic E-state index is 0.0583. The van der Waals surface area contributed by atoms with Crippen LogP contribution in [0, 0.1) is 0 Å². The summed E-state index contributed by atoms with van der Waals surface area (Å²) in [5.74, 6) is 0.241. The molecular formula is C23H27BrN2O3. The molecule has 0 saturated heterocycles. The van der Waals surface area contributed by atoms with Gasteiger partial charge in [-0.15, -0.1) is 0 Å². The molecule has 6 heteroatoms. The normalized spacial score (nSPS) is 14.3. The van der Waals surface area contributed by atoms with E-state index in [1.807, 2.05) is 13.0 Å². The highest BCUT2D eigenvalue weighted by Gasteiger charge is 2.17. The van der Waals surface area contributed by atoms with Crippen molar-refractivity contribution < 1.29 is 14.3 Å². The molecule has 1 aliphatic carbocycles. The van der Waals surface area contributed by atoms with Crippen LogP contribution >= 0.6 is 15.9 Å². The zero-order valence-electron chi connectivity index (χ0n) is 16.7. The number of halogens is 1. The molecule has 0 spiro atoms. The maximum atomic E-state index is 12.7. The Bertz CT molecular complexity index is 846. The minimum atomic E-state index is -0.253. The van der Waals surface area contributed by atoms with Gasteiger partial charge in [0.25, 0.3) is 11.8 Å². The molecule has 2 N–H and O–H groups in total. The van der Waals surface area contributed by atoms with Gasteiger partial charge in [-0.2, -0.15) is 0 Å². The van der Waals surface area contributed by atoms with E-state index in [1.165, 1.54) is 19.3 Å². The third-order valence-corrected chi connectivity index (χ3v) is 5.49. The van der Waals surface area contributed by atoms with Crippen LogP contribution in [0.15, 0.2) is 46.9 Å². The average Bonchev–Trinajstić information content (AvgIpc) is 2.74. The number of carbonyl (C=O) groups excluding carboxylic acids is 2. The Morgan fingerprint density at radius 3 is 2.45 bits per heavy atom. The second-order valence-corrected chi connectivity index (χ2v) is 8.24. The lowest BCUT2D eigenvalue weighted by Gasteiger charge is -2.22. The Morgan fingerprint density at radius 1 is 1.03 bits per heavy atom. The SMILES string of the molecule is CCCOc1ccc(Br)cc1C(=O)Nc1ccc(C(=O)NC2CCCCC2)cc1. The molecule has 29 heavy (non-hydrogen) atoms. The van der Waals surface area contributed by atoms with Crippen LogP contribution in [0.1, 0.15) is 66.2 Å². The fraction of sp³-hybridized carbons (Fsp3) is 0.391. The fourth-order valence-corrected chi connectivity index (χ4v) is 3.80. The van der Waals surface area contributed by atoms with Gasteiger partial charge in [-0.3, -0.25) is 9.59 Å². The molecule has 0 heterocycles. The van der Waals surface area contributed by atoms with Crippen molar-refractivity contribution in [3.8, 4) is 5.75 Å². The van der Waals surface area contributed by atoms with E-state index >= 15 is 0 Å². The van der Waals surface area contributed by atoms with Gasteiger partial charge in [-0.05, 0) is 61.7 Å². The summed E-state index contributed by atoms with van der Waals surface area (Å²) < 4.78 is 6.49. The van der Waals surface area contributed by atoms with Gasteiger partial charge in [0, 0.05) is 21.8 Å². The summed E-state index contributed by atoms with van der Waals surface area (Å²) in [6.07, 6.45) is 6.57. The van der Waals surface area contributed by atoms with Crippen LogP contribution in [0.3, 0.4) is 0 Å². The number of amides is 2. The summed E-state index contributed by atoms with van der Waals surface area (Å²) in [6, 6.07) is 12.6. The van der Waals surface area contributed by atoms with Crippen LogP contribution in [-0.2, 0) is 0 Å². The van der Waals surface area contributed by atoms with E-state index in [2.05, 4.69) is 26.6 Å². The van der Waals surface area contributed by atoms with E-state index in [0.29, 0.717) is 29.2 Å². The van der Waals surface area contributed by atoms with Crippen LogP contribution in [0.2, 0.25) is 0 Å². The molecule has 1 fully saturated rings. The number of ether oxygens (including phenoxy) is 1. The first-order valence-corrected chi connectivity index (χ1v) is 11.0. The Labute approximate surface area is 180 Å². The van der Waals surface area contributed by atoms with Gasteiger partial charge in [0.15, 0.2) is 0 Å². The monoisotopic (exact) mass is 458 g/mol. The van der Waals surface area contributed by atoms with Crippen molar-refractivity contribution >= 4 is 33.4 Å². The molecule has 0 aromatic heterocycles. The van der Waals surface area contributed by atoms with Crippen LogP contribution in [0.25, 0.3) is 0 Å². The first kappa shape index (κ1) is 21.4. The standard InChI is InChI=1S/C23H27BrN2O3/c1-2-14-29-21-13-10-17(24)15-20(21)23(28)26-19-11-8-16(9-12-19)22(27)25-18-6-4-3-5-7-18/h8-13,15,18H,2-7,14H2,1H3,(H,25,27)(H,26,28). The van der Waals surface area contributed by atoms with Gasteiger partial charge in [0.1, 0.15) is 5.75 Å². The lowest BCUT2D eigenvalue weighted by molar-refractivity contribution is 0.0927. The van der Waals surface area contributed by atoms with Crippen molar-refractivity contribution in [3.63, 3.8) is 0 Å². The molecule has 2 amide bonds. The van der Waals surface area contributed by atoms with Crippen molar-refractivity contribution in [1.29, 1.82) is 0 Å². The number of hydrogen-bond donors (Lipinski definition) is 2. The summed E-state index contributed by atoms with van der Waals surface area (Å²) in [5.41, 5.74) is 1.69. The maximum absolute atomic E-state index is 12.7. The molecule has 3 rings (SSSR count). The molecular weight excluding hydrogens is 432 g/mol. The molecule has 0 radical (unpaired) electrons. The number of carbonyl (C=O) groups is 2. The number of rotatable bonds is 7. The van der Waals surface area contributed by atoms with Crippen LogP contribution in [-0.4, -0.2) is 24.5 Å². The predicted molar refractivity (Wildman–Crippen MR) is 119 cm³/mol. The molecule has 5 nitrogen and oxygen atoms in total. The van der Waals surface area contributed by atoms with Crippen LogP contribution in [0.5, 0.6) is 5.75 Å². The largest absolute Gasteiger partial charge is 0.493 e. The predicted octanol–water partition coefficient (Wildman–Crippen LogP) is 5.55. The van der Waals surface area contributed by atoms with Gasteiger partial charge in [0.05, 0.1) is 12.2 Å². The Kier molecular flexibility index (Phi) is 7.69. The summed E-state index contributed by atoms with van der Waals surface area (Å²) in [5, 5.41) is 5.98. The van der Waals surface area contributed by atoms with Crippen LogP contribution in [0.4, 0.5) is 5.69 Å². The minimum Gasteiger partial charge on any atom is -0.493 e. The van der Waals surface area contributed by atoms with E-state index in [9.17, 15) is 9.59 Å². The summed E-state index contributed by atoms with van der Waals surface area (Å²) in [7, 11) is 0. The zero-order chi connectivity index (χ0) is 20.6. The molecule has 1 saturated carbocycles. The van der Waals surface area contributed by atoms with Crippen molar-refractivity contribution in [2.24, 2.45) is 0 Å². The van der Waals surface area contributed by atoms with Gasteiger partial charge in [-0.25, -0.2) is 0 Å². The number of nitrogens with one attached hydrogen (secondary N) is 2. The second kappa shape index (κ2) is 10.4. The number of anilines is 1. The van der Waals surface area contributed by atoms with Crippen molar-refractivity contribution in [2.75, 3.05) is 11.9 Å². The first-order valence-electron chi connectivity index (χ1n) is 10.2. The van der Waals surface area contributed by atoms with E-state index in [-0.39, 0.29) is 17.9 Å². The molecule has 2 aromatic carbocycles. The summed E-state index contributed by atoms with van der Waals surface area (Å²) >= 11 is 3.40. The highest BCUT2D eigenvalue weighted by Crippen LogP contribution is 2.25. The molecule has 154 valence electrons. The second-order valence-electron chi connectivity index (χ2n) is 7.33. The molecule has 0 unspecified atom stereocenters. The van der Waals surface area contributed by atoms with Gasteiger partial charge in [0.2, 0.25) is 0 Å². The molecule has 2 aromatic rings. The molecule has 0 aliphatic heterocycles. The van der Waals surface area contributed by atoms with E-state index in [1.54, 1.807) is 36.4 Å². The number of hydrogen-bond acceptors (Lipinski definition) is 3. The lowest BCUT2D eigenvalue weighted by Crippen LogP contribution is -2.36. The van der Waals surface area contributed by atoms with Crippen molar-refractivity contribution in [1.82, 2.24) is 5.32 Å². The Hall–Kier alpha value is -2.34. The third-order valence-electron chi connectivity index (χ3n) is 4.99. The molecule has 0 bridgehead atoms. The maximum Gasteiger partial charge on any atom is 0.259 e. The topological polar surface area (TPSA) is 67.4 Å². The van der Waals surface area contributed by atoms with E-state index < -0.39 is 0 Å². The van der Waals surface area contributed by atoms with Crippen LogP contribution < -0.4 is 15.4 Å². The van der Waals surface area contributed by atoms with E-state index in [0.717, 1.165) is 23.7 Å². The van der Waals surface area contributed by atoms with E-state index in [4.69, 9.17) is 4.74 Å². The first-order chi connectivity index (χ1) is 14.1. The molecule has 1 aliphatic rings. The van der Waals surface area contributed by atoms with Crippen molar-refractivity contribution in [2.45, 2.75) is 51.5 Å². The zero-order valence-corrected chi connectivity index (χ0v) is 18.3. The average molecular weight is 459 g/mol. The molecule has 0 atom stereocenters. The lowest BCUT2D eigenvalue weighted by atomic mass is 9.95. The third kappa shape index (κ3) is 6.07. The number of benzene rings is 2. The van der Waals surface area contributed by atoms with Crippen molar-refractivity contribution in [3.05, 3.63) is 58.1 Å². The summed E-state index contributed by atoms with van der Waals surface area (Å²) in [4.78, 5) is 25.2. The quantitative estimate of drug-likeness (QED) is 0.570. The Balaban J connectivity index is 1.64. The smallest absolute Gasteiger partial charge is 0.259 e. The Morgan fingerprint density at radius 2 is 1.76 bits per heavy atom. The fourth-order valence-electron chi connectivity index (χ4n) is 3.44. The highest BCUT2D eigenvalue weighted by atomic mass is 79.9. The van der Waals surface area contributed by atoms with Gasteiger partial charge < -0.3 is 15.4 Å². The highest BCUT2D eigenvalue weighted by molar-refractivity contribution is 9.10. The summed E-state index contributed by atoms with van der Waals surface area (Å²) in [6.45, 7) is 2.57. The van der Waals surface area contributed by atoms with Gasteiger partial charge in [-0.1, -0.05) is 42.1 Å². The van der Waals surface area contributed by atoms with Gasteiger partial charge >= 0.3 is 0 Å².